The first-order valence-electron chi connectivity index (χ1n) is 5.13. The number of unbranched alkanes of at least 4 members (excludes halogenated alkanes) is 1. The van der Waals surface area contributed by atoms with Crippen LogP contribution in [-0.4, -0.2) is 24.1 Å². The Bertz CT molecular complexity index is 85.9. The Hall–Kier alpha value is 0.310. The van der Waals surface area contributed by atoms with Crippen molar-refractivity contribution in [3.05, 3.63) is 0 Å². The molecule has 0 spiro atoms. The molecule has 1 atom stereocenters. The van der Waals surface area contributed by atoms with E-state index in [4.69, 9.17) is 0 Å². The van der Waals surface area contributed by atoms with E-state index in [-0.39, 0.29) is 0 Å². The first-order chi connectivity index (χ1) is 5.81. The van der Waals surface area contributed by atoms with E-state index in [9.17, 15) is 0 Å². The minimum atomic E-state index is 0.831. The van der Waals surface area contributed by atoms with E-state index in [0.717, 1.165) is 5.25 Å². The second-order valence-corrected chi connectivity index (χ2v) is 4.74. The van der Waals surface area contributed by atoms with Gasteiger partial charge in [0.2, 0.25) is 0 Å². The number of hydrogen-bond acceptors (Lipinski definition) is 2. The highest BCUT2D eigenvalue weighted by molar-refractivity contribution is 7.99. The standard InChI is InChI=1S/C10H23NS/c1-4-6-7-11-8-9-12-10(3)5-2/h10-11H,4-9H2,1-3H3. The molecule has 0 aromatic rings. The molecule has 2 heteroatoms. The van der Waals surface area contributed by atoms with Gasteiger partial charge in [0.05, 0.1) is 0 Å². The summed E-state index contributed by atoms with van der Waals surface area (Å²) < 4.78 is 0. The minimum absolute atomic E-state index is 0.831. The van der Waals surface area contributed by atoms with Crippen LogP contribution in [0, 0.1) is 0 Å². The normalized spacial score (nSPS) is 13.2. The summed E-state index contributed by atoms with van der Waals surface area (Å²) >= 11 is 2.07. The third-order valence-electron chi connectivity index (χ3n) is 1.96. The van der Waals surface area contributed by atoms with Gasteiger partial charge in [-0.25, -0.2) is 0 Å². The van der Waals surface area contributed by atoms with E-state index >= 15 is 0 Å². The summed E-state index contributed by atoms with van der Waals surface area (Å²) in [5, 5.41) is 4.28. The maximum atomic E-state index is 3.44. The Morgan fingerprint density at radius 2 is 2.00 bits per heavy atom. The van der Waals surface area contributed by atoms with E-state index in [0.29, 0.717) is 0 Å². The van der Waals surface area contributed by atoms with Crippen molar-refractivity contribution in [2.75, 3.05) is 18.8 Å². The summed E-state index contributed by atoms with van der Waals surface area (Å²) in [6.45, 7) is 9.15. The van der Waals surface area contributed by atoms with Crippen molar-refractivity contribution in [1.82, 2.24) is 5.32 Å². The van der Waals surface area contributed by atoms with Gasteiger partial charge in [0, 0.05) is 17.5 Å². The highest BCUT2D eigenvalue weighted by Gasteiger charge is 1.96. The zero-order chi connectivity index (χ0) is 9.23. The molecule has 0 bridgehead atoms. The van der Waals surface area contributed by atoms with E-state index in [2.05, 4.69) is 37.8 Å². The van der Waals surface area contributed by atoms with Crippen molar-refractivity contribution in [2.24, 2.45) is 0 Å². The number of rotatable bonds is 8. The van der Waals surface area contributed by atoms with E-state index in [1.807, 2.05) is 0 Å². The van der Waals surface area contributed by atoms with Crippen LogP contribution in [0.4, 0.5) is 0 Å². The van der Waals surface area contributed by atoms with Gasteiger partial charge in [-0.15, -0.1) is 0 Å². The monoisotopic (exact) mass is 189 g/mol. The SMILES string of the molecule is CCCCNCCSC(C)CC. The molecule has 1 nitrogen and oxygen atoms in total. The predicted octanol–water partition coefficient (Wildman–Crippen LogP) is 2.91. The van der Waals surface area contributed by atoms with Crippen LogP contribution in [0.3, 0.4) is 0 Å². The van der Waals surface area contributed by atoms with Crippen LogP contribution < -0.4 is 5.32 Å². The third kappa shape index (κ3) is 8.41. The number of nitrogens with one attached hydrogen (secondary N) is 1. The van der Waals surface area contributed by atoms with Gasteiger partial charge in [0.1, 0.15) is 0 Å². The summed E-state index contributed by atoms with van der Waals surface area (Å²) in [5.41, 5.74) is 0. The van der Waals surface area contributed by atoms with Crippen molar-refractivity contribution in [3.63, 3.8) is 0 Å². The first kappa shape index (κ1) is 12.3. The van der Waals surface area contributed by atoms with Crippen molar-refractivity contribution in [2.45, 2.75) is 45.3 Å². The van der Waals surface area contributed by atoms with Gasteiger partial charge in [0.15, 0.2) is 0 Å². The maximum absolute atomic E-state index is 3.44. The fourth-order valence-corrected chi connectivity index (χ4v) is 1.78. The largest absolute Gasteiger partial charge is 0.316 e. The lowest BCUT2D eigenvalue weighted by molar-refractivity contribution is 0.665. The fraction of sp³-hybridized carbons (Fsp3) is 1.00. The summed E-state index contributed by atoms with van der Waals surface area (Å²) in [6.07, 6.45) is 3.90. The van der Waals surface area contributed by atoms with Crippen molar-refractivity contribution < 1.29 is 0 Å². The van der Waals surface area contributed by atoms with Crippen LogP contribution >= 0.6 is 11.8 Å². The molecule has 0 rings (SSSR count). The quantitative estimate of drug-likeness (QED) is 0.589. The molecule has 0 amide bonds. The van der Waals surface area contributed by atoms with E-state index in [1.165, 1.54) is 38.1 Å². The lowest BCUT2D eigenvalue weighted by atomic mass is 10.3. The van der Waals surface area contributed by atoms with Crippen LogP contribution in [0.25, 0.3) is 0 Å². The molecule has 1 unspecified atom stereocenters. The van der Waals surface area contributed by atoms with E-state index in [1.54, 1.807) is 0 Å². The maximum Gasteiger partial charge on any atom is 0.00607 e. The molecule has 0 radical (unpaired) electrons. The Morgan fingerprint density at radius 3 is 2.58 bits per heavy atom. The molecular weight excluding hydrogens is 166 g/mol. The Morgan fingerprint density at radius 1 is 1.25 bits per heavy atom. The Balaban J connectivity index is 2.90. The lowest BCUT2D eigenvalue weighted by Gasteiger charge is -2.08. The van der Waals surface area contributed by atoms with E-state index < -0.39 is 0 Å². The summed E-state index contributed by atoms with van der Waals surface area (Å²) in [4.78, 5) is 0. The highest BCUT2D eigenvalue weighted by Crippen LogP contribution is 2.11. The Kier molecular flexibility index (Phi) is 9.64. The molecule has 0 saturated carbocycles. The first-order valence-corrected chi connectivity index (χ1v) is 6.18. The third-order valence-corrected chi connectivity index (χ3v) is 3.31. The Labute approximate surface area is 81.7 Å². The molecule has 0 aliphatic heterocycles. The van der Waals surface area contributed by atoms with Gasteiger partial charge in [-0.2, -0.15) is 11.8 Å². The summed E-state index contributed by atoms with van der Waals surface area (Å²) in [7, 11) is 0. The molecule has 0 fully saturated rings. The van der Waals surface area contributed by atoms with Crippen molar-refractivity contribution in [1.29, 1.82) is 0 Å². The molecular formula is C10H23NS. The fourth-order valence-electron chi connectivity index (χ4n) is 0.877. The lowest BCUT2D eigenvalue weighted by Crippen LogP contribution is -2.18. The van der Waals surface area contributed by atoms with Crippen molar-refractivity contribution in [3.8, 4) is 0 Å². The molecule has 0 aromatic carbocycles. The molecule has 74 valence electrons. The van der Waals surface area contributed by atoms with Crippen molar-refractivity contribution >= 4 is 11.8 Å². The molecule has 0 aliphatic rings. The molecule has 1 N–H and O–H groups in total. The minimum Gasteiger partial charge on any atom is -0.316 e. The predicted molar refractivity (Wildman–Crippen MR) is 60.0 cm³/mol. The second-order valence-electron chi connectivity index (χ2n) is 3.19. The summed E-state index contributed by atoms with van der Waals surface area (Å²) in [6, 6.07) is 0. The zero-order valence-corrected chi connectivity index (χ0v) is 9.54. The topological polar surface area (TPSA) is 12.0 Å². The van der Waals surface area contributed by atoms with Gasteiger partial charge in [-0.05, 0) is 19.4 Å². The average molecular weight is 189 g/mol. The molecule has 12 heavy (non-hydrogen) atoms. The molecule has 0 heterocycles. The van der Waals surface area contributed by atoms with Crippen LogP contribution in [0.1, 0.15) is 40.0 Å². The highest BCUT2D eigenvalue weighted by atomic mass is 32.2. The second kappa shape index (κ2) is 9.40. The van der Waals surface area contributed by atoms with Crippen LogP contribution in [0.15, 0.2) is 0 Å². The molecule has 0 aliphatic carbocycles. The zero-order valence-electron chi connectivity index (χ0n) is 8.73. The molecule has 0 saturated heterocycles. The average Bonchev–Trinajstić information content (AvgIpc) is 2.10. The van der Waals surface area contributed by atoms with Crippen LogP contribution in [0.2, 0.25) is 0 Å². The van der Waals surface area contributed by atoms with Gasteiger partial charge in [-0.1, -0.05) is 27.2 Å². The van der Waals surface area contributed by atoms with Gasteiger partial charge < -0.3 is 5.32 Å². The summed E-state index contributed by atoms with van der Waals surface area (Å²) in [5.74, 6) is 1.26. The molecule has 0 aromatic heterocycles. The number of hydrogen-bond donors (Lipinski definition) is 1. The van der Waals surface area contributed by atoms with Crippen LogP contribution in [-0.2, 0) is 0 Å². The number of thioether (sulfide) groups is 1. The van der Waals surface area contributed by atoms with Gasteiger partial charge >= 0.3 is 0 Å². The van der Waals surface area contributed by atoms with Crippen LogP contribution in [0.5, 0.6) is 0 Å². The van der Waals surface area contributed by atoms with Gasteiger partial charge in [-0.3, -0.25) is 0 Å². The van der Waals surface area contributed by atoms with Gasteiger partial charge in [0.25, 0.3) is 0 Å². The smallest absolute Gasteiger partial charge is 0.00607 e.